The predicted molar refractivity (Wildman–Crippen MR) is 62.1 cm³/mol. The van der Waals surface area contributed by atoms with Gasteiger partial charge in [-0.1, -0.05) is 0 Å². The van der Waals surface area contributed by atoms with Crippen molar-refractivity contribution < 1.29 is 26.0 Å². The number of sulfone groups is 1. The summed E-state index contributed by atoms with van der Waals surface area (Å²) in [5, 5.41) is 2.69. The van der Waals surface area contributed by atoms with E-state index < -0.39 is 33.4 Å². The second-order valence-corrected chi connectivity index (χ2v) is 6.67. The van der Waals surface area contributed by atoms with Gasteiger partial charge in [-0.25, -0.2) is 12.8 Å². The molecule has 1 aromatic carbocycles. The molecular weight excluding hydrogens is 286 g/mol. The highest BCUT2D eigenvalue weighted by Crippen LogP contribution is 2.33. The SMILES string of the molecule is O=S1(=O)CCC(Nc2ccc(F)c(C(F)(F)F)c2)C1. The summed E-state index contributed by atoms with van der Waals surface area (Å²) < 4.78 is 73.0. The largest absolute Gasteiger partial charge is 0.419 e. The third-order valence-electron chi connectivity index (χ3n) is 2.87. The van der Waals surface area contributed by atoms with E-state index in [9.17, 15) is 26.0 Å². The third kappa shape index (κ3) is 3.37. The summed E-state index contributed by atoms with van der Waals surface area (Å²) in [4.78, 5) is 0. The summed E-state index contributed by atoms with van der Waals surface area (Å²) >= 11 is 0. The van der Waals surface area contributed by atoms with Crippen LogP contribution in [0, 0.1) is 5.82 Å². The average Bonchev–Trinajstić information content (AvgIpc) is 2.59. The van der Waals surface area contributed by atoms with Crippen molar-refractivity contribution in [2.45, 2.75) is 18.6 Å². The van der Waals surface area contributed by atoms with Crippen molar-refractivity contribution in [3.8, 4) is 0 Å². The molecule has 1 fully saturated rings. The van der Waals surface area contributed by atoms with Crippen molar-refractivity contribution in [3.05, 3.63) is 29.6 Å². The van der Waals surface area contributed by atoms with Gasteiger partial charge in [0.15, 0.2) is 9.84 Å². The molecule has 2 rings (SSSR count). The van der Waals surface area contributed by atoms with Crippen molar-refractivity contribution >= 4 is 15.5 Å². The minimum atomic E-state index is -4.77. The van der Waals surface area contributed by atoms with Crippen LogP contribution in [0.4, 0.5) is 23.2 Å². The molecule has 1 atom stereocenters. The Hall–Kier alpha value is -1.31. The Morgan fingerprint density at radius 1 is 1.26 bits per heavy atom. The number of anilines is 1. The van der Waals surface area contributed by atoms with Crippen LogP contribution >= 0.6 is 0 Å². The number of benzene rings is 1. The van der Waals surface area contributed by atoms with Crippen molar-refractivity contribution in [2.24, 2.45) is 0 Å². The van der Waals surface area contributed by atoms with Gasteiger partial charge in [0.25, 0.3) is 0 Å². The molecule has 1 heterocycles. The van der Waals surface area contributed by atoms with Crippen LogP contribution in [0.3, 0.4) is 0 Å². The van der Waals surface area contributed by atoms with Gasteiger partial charge in [-0.2, -0.15) is 13.2 Å². The lowest BCUT2D eigenvalue weighted by Crippen LogP contribution is -2.21. The van der Waals surface area contributed by atoms with E-state index in [0.29, 0.717) is 18.6 Å². The van der Waals surface area contributed by atoms with E-state index in [1.165, 1.54) is 0 Å². The quantitative estimate of drug-likeness (QED) is 0.853. The van der Waals surface area contributed by atoms with Crippen molar-refractivity contribution in [2.75, 3.05) is 16.8 Å². The molecule has 1 N–H and O–H groups in total. The van der Waals surface area contributed by atoms with E-state index in [1.54, 1.807) is 0 Å². The molecule has 106 valence electrons. The van der Waals surface area contributed by atoms with Crippen molar-refractivity contribution in [1.82, 2.24) is 0 Å². The first-order valence-electron chi connectivity index (χ1n) is 5.51. The van der Waals surface area contributed by atoms with Crippen LogP contribution in [-0.2, 0) is 16.0 Å². The molecule has 1 unspecified atom stereocenters. The molecule has 0 amide bonds. The summed E-state index contributed by atoms with van der Waals surface area (Å²) in [6.45, 7) is 0. The lowest BCUT2D eigenvalue weighted by atomic mass is 10.1. The molecule has 0 aliphatic carbocycles. The summed E-state index contributed by atoms with van der Waals surface area (Å²) in [5.41, 5.74) is -1.30. The van der Waals surface area contributed by atoms with Crippen LogP contribution in [0.2, 0.25) is 0 Å². The first-order chi connectivity index (χ1) is 8.67. The Balaban J connectivity index is 2.19. The fourth-order valence-corrected chi connectivity index (χ4v) is 3.65. The standard InChI is InChI=1S/C11H11F4NO2S/c12-10-2-1-7(5-9(10)11(13,14)15)16-8-3-4-19(17,18)6-8/h1-2,5,8,16H,3-4,6H2. The van der Waals surface area contributed by atoms with Crippen LogP contribution in [0.1, 0.15) is 12.0 Å². The summed E-state index contributed by atoms with van der Waals surface area (Å²) in [6, 6.07) is 2.10. The van der Waals surface area contributed by atoms with Gasteiger partial charge in [0.2, 0.25) is 0 Å². The maximum absolute atomic E-state index is 13.1. The van der Waals surface area contributed by atoms with Gasteiger partial charge in [-0.15, -0.1) is 0 Å². The highest BCUT2D eigenvalue weighted by atomic mass is 32.2. The van der Waals surface area contributed by atoms with Gasteiger partial charge in [-0.05, 0) is 24.6 Å². The Morgan fingerprint density at radius 3 is 2.47 bits per heavy atom. The fraction of sp³-hybridized carbons (Fsp3) is 0.455. The highest BCUT2D eigenvalue weighted by molar-refractivity contribution is 7.91. The van der Waals surface area contributed by atoms with Gasteiger partial charge >= 0.3 is 6.18 Å². The van der Waals surface area contributed by atoms with Crippen LogP contribution < -0.4 is 5.32 Å². The monoisotopic (exact) mass is 297 g/mol. The van der Waals surface area contributed by atoms with Crippen molar-refractivity contribution in [1.29, 1.82) is 0 Å². The Labute approximate surface area is 107 Å². The van der Waals surface area contributed by atoms with Gasteiger partial charge in [0, 0.05) is 11.7 Å². The Morgan fingerprint density at radius 2 is 1.95 bits per heavy atom. The van der Waals surface area contributed by atoms with Gasteiger partial charge < -0.3 is 5.32 Å². The Kier molecular flexibility index (Phi) is 3.46. The summed E-state index contributed by atoms with van der Waals surface area (Å²) in [5.74, 6) is -1.46. The van der Waals surface area contributed by atoms with E-state index >= 15 is 0 Å². The fourth-order valence-electron chi connectivity index (χ4n) is 1.98. The molecule has 0 bridgehead atoms. The predicted octanol–water partition coefficient (Wildman–Crippen LogP) is 2.44. The maximum Gasteiger partial charge on any atom is 0.419 e. The lowest BCUT2D eigenvalue weighted by molar-refractivity contribution is -0.139. The molecule has 19 heavy (non-hydrogen) atoms. The van der Waals surface area contributed by atoms with Crippen molar-refractivity contribution in [3.63, 3.8) is 0 Å². The molecule has 0 spiro atoms. The molecule has 1 aliphatic rings. The number of hydrogen-bond donors (Lipinski definition) is 1. The molecular formula is C11H11F4NO2S. The minimum Gasteiger partial charge on any atom is -0.381 e. The average molecular weight is 297 g/mol. The zero-order chi connectivity index (χ0) is 14.3. The van der Waals surface area contributed by atoms with Crippen LogP contribution in [-0.4, -0.2) is 26.0 Å². The zero-order valence-corrected chi connectivity index (χ0v) is 10.5. The maximum atomic E-state index is 13.1. The number of nitrogens with one attached hydrogen (secondary N) is 1. The van der Waals surface area contributed by atoms with Gasteiger partial charge in [0.05, 0.1) is 17.1 Å². The minimum absolute atomic E-state index is 0.0119. The molecule has 3 nitrogen and oxygen atoms in total. The highest BCUT2D eigenvalue weighted by Gasteiger charge is 2.34. The molecule has 1 aliphatic heterocycles. The zero-order valence-electron chi connectivity index (χ0n) is 9.67. The smallest absolute Gasteiger partial charge is 0.381 e. The topological polar surface area (TPSA) is 46.2 Å². The first kappa shape index (κ1) is 14.1. The molecule has 1 saturated heterocycles. The van der Waals surface area contributed by atoms with Gasteiger partial charge in [-0.3, -0.25) is 0 Å². The first-order valence-corrected chi connectivity index (χ1v) is 7.33. The number of halogens is 4. The van der Waals surface area contributed by atoms with Crippen LogP contribution in [0.25, 0.3) is 0 Å². The normalized spacial score (nSPS) is 22.4. The van der Waals surface area contributed by atoms with E-state index in [0.717, 1.165) is 6.07 Å². The number of rotatable bonds is 2. The van der Waals surface area contributed by atoms with E-state index in [4.69, 9.17) is 0 Å². The third-order valence-corrected chi connectivity index (χ3v) is 4.64. The molecule has 8 heteroatoms. The van der Waals surface area contributed by atoms with E-state index in [-0.39, 0.29) is 17.2 Å². The molecule has 0 saturated carbocycles. The second kappa shape index (κ2) is 4.66. The van der Waals surface area contributed by atoms with Crippen LogP contribution in [0.15, 0.2) is 18.2 Å². The number of hydrogen-bond acceptors (Lipinski definition) is 3. The lowest BCUT2D eigenvalue weighted by Gasteiger charge is -2.15. The second-order valence-electron chi connectivity index (χ2n) is 4.44. The molecule has 0 aromatic heterocycles. The van der Waals surface area contributed by atoms with Crippen LogP contribution in [0.5, 0.6) is 0 Å². The number of alkyl halides is 3. The summed E-state index contributed by atoms with van der Waals surface area (Å²) in [6.07, 6.45) is -4.44. The van der Waals surface area contributed by atoms with E-state index in [2.05, 4.69) is 5.32 Å². The summed E-state index contributed by atoms with van der Waals surface area (Å²) in [7, 11) is -3.12. The van der Waals surface area contributed by atoms with Gasteiger partial charge in [0.1, 0.15) is 5.82 Å². The Bertz CT molecular complexity index is 583. The molecule has 1 aromatic rings. The van der Waals surface area contributed by atoms with E-state index in [1.807, 2.05) is 0 Å². The molecule has 0 radical (unpaired) electrons.